The predicted octanol–water partition coefficient (Wildman–Crippen LogP) is 4.82. The van der Waals surface area contributed by atoms with Gasteiger partial charge < -0.3 is 9.30 Å². The number of rotatable bonds is 6. The van der Waals surface area contributed by atoms with Gasteiger partial charge >= 0.3 is 5.97 Å². The van der Waals surface area contributed by atoms with Crippen LogP contribution in [-0.4, -0.2) is 17.1 Å². The van der Waals surface area contributed by atoms with Crippen molar-refractivity contribution in [2.75, 3.05) is 6.61 Å². The van der Waals surface area contributed by atoms with E-state index in [2.05, 4.69) is 42.0 Å². The second-order valence-corrected chi connectivity index (χ2v) is 6.02. The average molecular weight is 321 g/mol. The van der Waals surface area contributed by atoms with Crippen molar-refractivity contribution in [1.29, 1.82) is 0 Å². The molecule has 3 heteroatoms. The molecule has 2 aromatic carbocycles. The SMILES string of the molecule is CCCOC(=O)c1ccc(Cn2ccc3cc(CC)ccc32)cc1. The number of aromatic nitrogens is 1. The third kappa shape index (κ3) is 3.51. The van der Waals surface area contributed by atoms with E-state index in [4.69, 9.17) is 4.74 Å². The van der Waals surface area contributed by atoms with Crippen molar-refractivity contribution in [3.8, 4) is 0 Å². The highest BCUT2D eigenvalue weighted by Gasteiger charge is 2.07. The zero-order chi connectivity index (χ0) is 16.9. The van der Waals surface area contributed by atoms with Crippen molar-refractivity contribution in [2.24, 2.45) is 0 Å². The summed E-state index contributed by atoms with van der Waals surface area (Å²) in [6.45, 7) is 5.42. The maximum Gasteiger partial charge on any atom is 0.338 e. The van der Waals surface area contributed by atoms with Gasteiger partial charge in [-0.25, -0.2) is 4.79 Å². The molecule has 0 unspecified atom stereocenters. The maximum atomic E-state index is 11.8. The van der Waals surface area contributed by atoms with Crippen molar-refractivity contribution in [2.45, 2.75) is 33.2 Å². The first-order valence-electron chi connectivity index (χ1n) is 8.55. The van der Waals surface area contributed by atoms with Crippen molar-refractivity contribution >= 4 is 16.9 Å². The summed E-state index contributed by atoms with van der Waals surface area (Å²) in [5, 5.41) is 1.27. The molecule has 0 bridgehead atoms. The van der Waals surface area contributed by atoms with Gasteiger partial charge in [-0.1, -0.05) is 32.0 Å². The Morgan fingerprint density at radius 1 is 1.00 bits per heavy atom. The smallest absolute Gasteiger partial charge is 0.338 e. The summed E-state index contributed by atoms with van der Waals surface area (Å²) in [7, 11) is 0. The Morgan fingerprint density at radius 2 is 1.75 bits per heavy atom. The van der Waals surface area contributed by atoms with Crippen LogP contribution in [0.15, 0.2) is 54.7 Å². The molecule has 0 amide bonds. The molecular formula is C21H23NO2. The second kappa shape index (κ2) is 7.35. The molecule has 1 heterocycles. The largest absolute Gasteiger partial charge is 0.462 e. The molecule has 0 N–H and O–H groups in total. The average Bonchev–Trinajstić information content (AvgIpc) is 3.02. The van der Waals surface area contributed by atoms with E-state index in [1.165, 1.54) is 22.0 Å². The summed E-state index contributed by atoms with van der Waals surface area (Å²) in [5.74, 6) is -0.248. The van der Waals surface area contributed by atoms with E-state index in [0.717, 1.165) is 19.4 Å². The molecule has 0 aliphatic carbocycles. The summed E-state index contributed by atoms with van der Waals surface area (Å²) in [6.07, 6.45) is 4.01. The first-order valence-corrected chi connectivity index (χ1v) is 8.55. The van der Waals surface area contributed by atoms with E-state index in [-0.39, 0.29) is 5.97 Å². The lowest BCUT2D eigenvalue weighted by atomic mass is 10.1. The monoisotopic (exact) mass is 321 g/mol. The molecule has 3 nitrogen and oxygen atoms in total. The number of fused-ring (bicyclic) bond motifs is 1. The number of hydrogen-bond donors (Lipinski definition) is 0. The normalized spacial score (nSPS) is 10.9. The minimum Gasteiger partial charge on any atom is -0.462 e. The molecule has 0 saturated heterocycles. The highest BCUT2D eigenvalue weighted by atomic mass is 16.5. The van der Waals surface area contributed by atoms with Crippen molar-refractivity contribution < 1.29 is 9.53 Å². The summed E-state index contributed by atoms with van der Waals surface area (Å²) in [6, 6.07) is 16.5. The number of carbonyl (C=O) groups excluding carboxylic acids is 1. The van der Waals surface area contributed by atoms with Crippen LogP contribution in [0.25, 0.3) is 10.9 Å². The molecule has 0 fully saturated rings. The van der Waals surface area contributed by atoms with Gasteiger partial charge in [0.15, 0.2) is 0 Å². The highest BCUT2D eigenvalue weighted by molar-refractivity contribution is 5.89. The van der Waals surface area contributed by atoms with Gasteiger partial charge in [0, 0.05) is 18.3 Å². The minimum atomic E-state index is -0.248. The van der Waals surface area contributed by atoms with Crippen LogP contribution < -0.4 is 0 Å². The van der Waals surface area contributed by atoms with E-state index in [1.807, 2.05) is 31.2 Å². The summed E-state index contributed by atoms with van der Waals surface area (Å²) in [5.41, 5.74) is 4.37. The van der Waals surface area contributed by atoms with Gasteiger partial charge in [0.05, 0.1) is 12.2 Å². The minimum absolute atomic E-state index is 0.248. The molecule has 0 saturated carbocycles. The standard InChI is InChI=1S/C21H23NO2/c1-3-13-24-21(23)18-8-5-17(6-9-18)15-22-12-11-19-14-16(4-2)7-10-20(19)22/h5-12,14H,3-4,13,15H2,1-2H3. The maximum absolute atomic E-state index is 11.8. The molecule has 3 rings (SSSR count). The molecule has 124 valence electrons. The number of hydrogen-bond acceptors (Lipinski definition) is 2. The van der Waals surface area contributed by atoms with Crippen molar-refractivity contribution in [1.82, 2.24) is 4.57 Å². The fraction of sp³-hybridized carbons (Fsp3) is 0.286. The molecule has 0 spiro atoms. The number of esters is 1. The topological polar surface area (TPSA) is 31.2 Å². The van der Waals surface area contributed by atoms with Gasteiger partial charge in [-0.3, -0.25) is 0 Å². The van der Waals surface area contributed by atoms with Gasteiger partial charge in [0.2, 0.25) is 0 Å². The van der Waals surface area contributed by atoms with Gasteiger partial charge in [-0.15, -0.1) is 0 Å². The predicted molar refractivity (Wildman–Crippen MR) is 97.4 cm³/mol. The summed E-state index contributed by atoms with van der Waals surface area (Å²) in [4.78, 5) is 11.8. The van der Waals surface area contributed by atoms with Crippen LogP contribution in [0.5, 0.6) is 0 Å². The lowest BCUT2D eigenvalue weighted by molar-refractivity contribution is 0.0505. The van der Waals surface area contributed by atoms with Crippen LogP contribution in [0, 0.1) is 0 Å². The molecule has 0 radical (unpaired) electrons. The number of nitrogens with zero attached hydrogens (tertiary/aromatic N) is 1. The summed E-state index contributed by atoms with van der Waals surface area (Å²) < 4.78 is 7.39. The quantitative estimate of drug-likeness (QED) is 0.610. The zero-order valence-electron chi connectivity index (χ0n) is 14.3. The number of aryl methyl sites for hydroxylation is 1. The van der Waals surface area contributed by atoms with E-state index in [1.54, 1.807) is 0 Å². The molecule has 0 aliphatic rings. The number of benzene rings is 2. The highest BCUT2D eigenvalue weighted by Crippen LogP contribution is 2.19. The molecular weight excluding hydrogens is 298 g/mol. The van der Waals surface area contributed by atoms with Crippen LogP contribution in [0.1, 0.15) is 41.8 Å². The van der Waals surface area contributed by atoms with Crippen LogP contribution in [0.4, 0.5) is 0 Å². The lowest BCUT2D eigenvalue weighted by Crippen LogP contribution is -2.06. The Labute approximate surface area is 142 Å². The lowest BCUT2D eigenvalue weighted by Gasteiger charge is -2.08. The molecule has 0 atom stereocenters. The zero-order valence-corrected chi connectivity index (χ0v) is 14.3. The van der Waals surface area contributed by atoms with E-state index in [0.29, 0.717) is 12.2 Å². The van der Waals surface area contributed by atoms with Crippen LogP contribution >= 0.6 is 0 Å². The van der Waals surface area contributed by atoms with Crippen molar-refractivity contribution in [3.05, 3.63) is 71.4 Å². The number of ether oxygens (including phenoxy) is 1. The molecule has 0 aliphatic heterocycles. The summed E-state index contributed by atoms with van der Waals surface area (Å²) >= 11 is 0. The fourth-order valence-corrected chi connectivity index (χ4v) is 2.83. The van der Waals surface area contributed by atoms with Crippen LogP contribution in [-0.2, 0) is 17.7 Å². The second-order valence-electron chi connectivity index (χ2n) is 6.02. The Hall–Kier alpha value is -2.55. The first-order chi connectivity index (χ1) is 11.7. The molecule has 1 aromatic heterocycles. The molecule has 3 aromatic rings. The van der Waals surface area contributed by atoms with Gasteiger partial charge in [0.25, 0.3) is 0 Å². The van der Waals surface area contributed by atoms with E-state index >= 15 is 0 Å². The Balaban J connectivity index is 1.75. The Bertz CT molecular complexity index is 831. The van der Waals surface area contributed by atoms with Crippen LogP contribution in [0.2, 0.25) is 0 Å². The van der Waals surface area contributed by atoms with Crippen LogP contribution in [0.3, 0.4) is 0 Å². The van der Waals surface area contributed by atoms with Gasteiger partial charge in [0.1, 0.15) is 0 Å². The van der Waals surface area contributed by atoms with E-state index in [9.17, 15) is 4.79 Å². The van der Waals surface area contributed by atoms with E-state index < -0.39 is 0 Å². The number of carbonyl (C=O) groups is 1. The van der Waals surface area contributed by atoms with Crippen molar-refractivity contribution in [3.63, 3.8) is 0 Å². The first kappa shape index (κ1) is 16.3. The Morgan fingerprint density at radius 3 is 2.46 bits per heavy atom. The van der Waals surface area contributed by atoms with Gasteiger partial charge in [-0.05, 0) is 59.7 Å². The fourth-order valence-electron chi connectivity index (χ4n) is 2.83. The Kier molecular flexibility index (Phi) is 4.99. The third-order valence-electron chi connectivity index (χ3n) is 4.22. The third-order valence-corrected chi connectivity index (χ3v) is 4.22. The van der Waals surface area contributed by atoms with Gasteiger partial charge in [-0.2, -0.15) is 0 Å². The molecule has 24 heavy (non-hydrogen) atoms.